The molecule has 2 aromatic rings. The van der Waals surface area contributed by atoms with Crippen molar-refractivity contribution in [2.75, 3.05) is 13.1 Å². The van der Waals surface area contributed by atoms with Crippen LogP contribution in [0, 0.1) is 5.92 Å². The van der Waals surface area contributed by atoms with Crippen molar-refractivity contribution in [2.45, 2.75) is 23.0 Å². The molecule has 1 aliphatic heterocycles. The Morgan fingerprint density at radius 2 is 1.68 bits per heavy atom. The second-order valence-corrected chi connectivity index (χ2v) is 7.36. The SMILES string of the molecule is O=C(O)[C@H]1CCCN(C(=O)C(Sc2ccccc2)c2ccccc2)C1. The highest BCUT2D eigenvalue weighted by Gasteiger charge is 2.32. The zero-order valence-electron chi connectivity index (χ0n) is 13.9. The molecule has 130 valence electrons. The summed E-state index contributed by atoms with van der Waals surface area (Å²) in [6.07, 6.45) is 1.38. The topological polar surface area (TPSA) is 57.6 Å². The Morgan fingerprint density at radius 1 is 1.04 bits per heavy atom. The fourth-order valence-corrected chi connectivity index (χ4v) is 4.20. The number of benzene rings is 2. The van der Waals surface area contributed by atoms with Gasteiger partial charge in [0.1, 0.15) is 5.25 Å². The Labute approximate surface area is 151 Å². The molecule has 1 unspecified atom stereocenters. The van der Waals surface area contributed by atoms with E-state index in [1.807, 2.05) is 60.7 Å². The van der Waals surface area contributed by atoms with Gasteiger partial charge in [0.05, 0.1) is 5.92 Å². The molecule has 1 fully saturated rings. The number of amides is 1. The lowest BCUT2D eigenvalue weighted by atomic mass is 9.97. The Hall–Kier alpha value is -2.27. The van der Waals surface area contributed by atoms with Gasteiger partial charge in [0.2, 0.25) is 5.91 Å². The van der Waals surface area contributed by atoms with Gasteiger partial charge in [0.15, 0.2) is 0 Å². The molecular weight excluding hydrogens is 334 g/mol. The first kappa shape index (κ1) is 17.5. The number of carbonyl (C=O) groups is 2. The van der Waals surface area contributed by atoms with Gasteiger partial charge in [-0.15, -0.1) is 11.8 Å². The summed E-state index contributed by atoms with van der Waals surface area (Å²) in [6.45, 7) is 0.925. The number of hydrogen-bond donors (Lipinski definition) is 1. The minimum atomic E-state index is -0.815. The summed E-state index contributed by atoms with van der Waals surface area (Å²) in [7, 11) is 0. The molecule has 2 atom stereocenters. The van der Waals surface area contributed by atoms with E-state index in [0.717, 1.165) is 16.9 Å². The van der Waals surface area contributed by atoms with Crippen LogP contribution >= 0.6 is 11.8 Å². The van der Waals surface area contributed by atoms with E-state index in [2.05, 4.69) is 0 Å². The molecule has 1 N–H and O–H groups in total. The molecule has 5 heteroatoms. The predicted octanol–water partition coefficient (Wildman–Crippen LogP) is 3.84. The molecule has 1 amide bonds. The summed E-state index contributed by atoms with van der Waals surface area (Å²) < 4.78 is 0. The van der Waals surface area contributed by atoms with Crippen LogP contribution < -0.4 is 0 Å². The zero-order valence-corrected chi connectivity index (χ0v) is 14.7. The van der Waals surface area contributed by atoms with E-state index in [1.165, 1.54) is 11.8 Å². The number of aliphatic carboxylic acids is 1. The second-order valence-electron chi connectivity index (χ2n) is 6.18. The van der Waals surface area contributed by atoms with E-state index in [1.54, 1.807) is 4.90 Å². The van der Waals surface area contributed by atoms with Crippen LogP contribution in [0.5, 0.6) is 0 Å². The van der Waals surface area contributed by atoms with E-state index in [0.29, 0.717) is 19.5 Å². The third-order valence-corrected chi connectivity index (χ3v) is 5.66. The maximum Gasteiger partial charge on any atom is 0.308 e. The summed E-state index contributed by atoms with van der Waals surface area (Å²) in [5, 5.41) is 8.92. The number of likely N-dealkylation sites (tertiary alicyclic amines) is 1. The molecule has 0 bridgehead atoms. The summed E-state index contributed by atoms with van der Waals surface area (Å²) in [5.41, 5.74) is 0.943. The van der Waals surface area contributed by atoms with Gasteiger partial charge in [-0.1, -0.05) is 48.5 Å². The first-order valence-electron chi connectivity index (χ1n) is 8.43. The molecule has 1 heterocycles. The van der Waals surface area contributed by atoms with Crippen molar-refractivity contribution in [3.63, 3.8) is 0 Å². The van der Waals surface area contributed by atoms with Gasteiger partial charge in [-0.25, -0.2) is 0 Å². The van der Waals surface area contributed by atoms with Gasteiger partial charge in [-0.3, -0.25) is 9.59 Å². The summed E-state index contributed by atoms with van der Waals surface area (Å²) in [5.74, 6) is -1.29. The number of piperidine rings is 1. The third kappa shape index (κ3) is 4.42. The lowest BCUT2D eigenvalue weighted by molar-refractivity contribution is -0.145. The van der Waals surface area contributed by atoms with Crippen molar-refractivity contribution in [1.29, 1.82) is 0 Å². The number of carbonyl (C=O) groups excluding carboxylic acids is 1. The van der Waals surface area contributed by atoms with Crippen molar-refractivity contribution in [3.8, 4) is 0 Å². The summed E-state index contributed by atoms with van der Waals surface area (Å²) >= 11 is 1.51. The number of rotatable bonds is 5. The molecule has 25 heavy (non-hydrogen) atoms. The van der Waals surface area contributed by atoms with Crippen molar-refractivity contribution in [2.24, 2.45) is 5.92 Å². The highest BCUT2D eigenvalue weighted by molar-refractivity contribution is 8.00. The van der Waals surface area contributed by atoms with E-state index >= 15 is 0 Å². The molecule has 2 aromatic carbocycles. The van der Waals surface area contributed by atoms with Crippen molar-refractivity contribution in [3.05, 3.63) is 66.2 Å². The monoisotopic (exact) mass is 355 g/mol. The Morgan fingerprint density at radius 3 is 2.32 bits per heavy atom. The molecular formula is C20H21NO3S. The molecule has 0 aromatic heterocycles. The largest absolute Gasteiger partial charge is 0.481 e. The maximum absolute atomic E-state index is 13.2. The smallest absolute Gasteiger partial charge is 0.308 e. The Kier molecular flexibility index (Phi) is 5.76. The molecule has 0 radical (unpaired) electrons. The molecule has 1 saturated heterocycles. The van der Waals surface area contributed by atoms with Crippen LogP contribution in [0.1, 0.15) is 23.7 Å². The van der Waals surface area contributed by atoms with Crippen LogP contribution in [-0.2, 0) is 9.59 Å². The molecule has 0 aliphatic carbocycles. The van der Waals surface area contributed by atoms with Crippen LogP contribution in [0.4, 0.5) is 0 Å². The zero-order chi connectivity index (χ0) is 17.6. The first-order chi connectivity index (χ1) is 12.1. The second kappa shape index (κ2) is 8.21. The summed E-state index contributed by atoms with van der Waals surface area (Å²) in [6, 6.07) is 19.5. The maximum atomic E-state index is 13.2. The van der Waals surface area contributed by atoms with Gasteiger partial charge >= 0.3 is 5.97 Å². The molecule has 3 rings (SSSR count). The van der Waals surface area contributed by atoms with Crippen LogP contribution in [0.3, 0.4) is 0 Å². The number of nitrogens with zero attached hydrogens (tertiary/aromatic N) is 1. The Balaban J connectivity index is 1.83. The normalized spacial score (nSPS) is 18.6. The van der Waals surface area contributed by atoms with E-state index in [4.69, 9.17) is 0 Å². The fourth-order valence-electron chi connectivity index (χ4n) is 3.07. The van der Waals surface area contributed by atoms with Crippen LogP contribution in [0.2, 0.25) is 0 Å². The van der Waals surface area contributed by atoms with Crippen molar-refractivity contribution in [1.82, 2.24) is 4.90 Å². The van der Waals surface area contributed by atoms with Gasteiger partial charge in [-0.2, -0.15) is 0 Å². The van der Waals surface area contributed by atoms with E-state index in [-0.39, 0.29) is 11.2 Å². The Bertz CT molecular complexity index is 720. The molecule has 4 nitrogen and oxygen atoms in total. The minimum Gasteiger partial charge on any atom is -0.481 e. The molecule has 1 aliphatic rings. The minimum absolute atomic E-state index is 0.00833. The van der Waals surface area contributed by atoms with Gasteiger partial charge in [0.25, 0.3) is 0 Å². The summed E-state index contributed by atoms with van der Waals surface area (Å²) in [4.78, 5) is 27.2. The molecule has 0 saturated carbocycles. The lowest BCUT2D eigenvalue weighted by Gasteiger charge is -2.33. The third-order valence-electron chi connectivity index (χ3n) is 4.41. The average Bonchev–Trinajstić information content (AvgIpc) is 2.67. The standard InChI is InChI=1S/C20H21NO3S/c22-19(21-13-7-10-16(14-21)20(23)24)18(15-8-3-1-4-9-15)25-17-11-5-2-6-12-17/h1-6,8-9,11-12,16,18H,7,10,13-14H2,(H,23,24)/t16-,18?/m0/s1. The molecule has 0 spiro atoms. The van der Waals surface area contributed by atoms with Gasteiger partial charge < -0.3 is 10.0 Å². The fraction of sp³-hybridized carbons (Fsp3) is 0.300. The lowest BCUT2D eigenvalue weighted by Crippen LogP contribution is -2.43. The predicted molar refractivity (Wildman–Crippen MR) is 98.4 cm³/mol. The quantitative estimate of drug-likeness (QED) is 0.828. The highest BCUT2D eigenvalue weighted by Crippen LogP contribution is 2.37. The van der Waals surface area contributed by atoms with Crippen LogP contribution in [0.25, 0.3) is 0 Å². The number of thioether (sulfide) groups is 1. The van der Waals surface area contributed by atoms with E-state index in [9.17, 15) is 14.7 Å². The highest BCUT2D eigenvalue weighted by atomic mass is 32.2. The number of carboxylic acid groups (broad SMARTS) is 1. The van der Waals surface area contributed by atoms with E-state index < -0.39 is 11.9 Å². The van der Waals surface area contributed by atoms with Crippen LogP contribution in [0.15, 0.2) is 65.6 Å². The number of carboxylic acids is 1. The van der Waals surface area contributed by atoms with Crippen molar-refractivity contribution < 1.29 is 14.7 Å². The van der Waals surface area contributed by atoms with Gasteiger partial charge in [-0.05, 0) is 30.5 Å². The number of hydrogen-bond acceptors (Lipinski definition) is 3. The van der Waals surface area contributed by atoms with Crippen molar-refractivity contribution >= 4 is 23.6 Å². The first-order valence-corrected chi connectivity index (χ1v) is 9.31. The van der Waals surface area contributed by atoms with Crippen LogP contribution in [-0.4, -0.2) is 35.0 Å². The van der Waals surface area contributed by atoms with Gasteiger partial charge in [0, 0.05) is 18.0 Å². The average molecular weight is 355 g/mol.